The van der Waals surface area contributed by atoms with Crippen LogP contribution in [0.3, 0.4) is 0 Å². The summed E-state index contributed by atoms with van der Waals surface area (Å²) in [5, 5.41) is 8.82. The molecule has 1 aromatic carbocycles. The van der Waals surface area contributed by atoms with Gasteiger partial charge in [0.05, 0.1) is 11.8 Å². The van der Waals surface area contributed by atoms with Gasteiger partial charge < -0.3 is 15.6 Å². The maximum absolute atomic E-state index is 10.8. The molecule has 0 saturated carbocycles. The molecule has 1 aromatic heterocycles. The van der Waals surface area contributed by atoms with E-state index in [4.69, 9.17) is 15.6 Å². The van der Waals surface area contributed by atoms with E-state index in [2.05, 4.69) is 4.98 Å². The molecule has 5 heteroatoms. The van der Waals surface area contributed by atoms with Crippen LogP contribution in [0.1, 0.15) is 10.4 Å². The van der Waals surface area contributed by atoms with Crippen molar-refractivity contribution < 1.29 is 14.6 Å². The van der Waals surface area contributed by atoms with Crippen LogP contribution < -0.4 is 10.5 Å². The van der Waals surface area contributed by atoms with E-state index in [9.17, 15) is 4.79 Å². The van der Waals surface area contributed by atoms with E-state index in [0.29, 0.717) is 11.5 Å². The standard InChI is InChI=1S/C12H10N2O3/c13-11-6-8(3-4-10(11)12(15)16)17-9-2-1-5-14-7-9/h1-7H,13H2,(H,15,16). The molecule has 0 unspecified atom stereocenters. The molecule has 5 nitrogen and oxygen atoms in total. The van der Waals surface area contributed by atoms with Gasteiger partial charge in [-0.1, -0.05) is 0 Å². The fourth-order valence-corrected chi connectivity index (χ4v) is 1.34. The number of hydrogen-bond donors (Lipinski definition) is 2. The molecule has 0 aliphatic rings. The molecule has 0 radical (unpaired) electrons. The highest BCUT2D eigenvalue weighted by Gasteiger charge is 2.08. The van der Waals surface area contributed by atoms with Crippen LogP contribution in [0.15, 0.2) is 42.7 Å². The molecule has 2 rings (SSSR count). The molecule has 0 aliphatic heterocycles. The Balaban J connectivity index is 2.24. The third-order valence-corrected chi connectivity index (χ3v) is 2.12. The Labute approximate surface area is 97.5 Å². The maximum atomic E-state index is 10.8. The lowest BCUT2D eigenvalue weighted by Gasteiger charge is -2.07. The van der Waals surface area contributed by atoms with E-state index in [1.165, 1.54) is 12.1 Å². The molecular weight excluding hydrogens is 220 g/mol. The van der Waals surface area contributed by atoms with E-state index in [1.54, 1.807) is 30.6 Å². The predicted octanol–water partition coefficient (Wildman–Crippen LogP) is 2.15. The molecule has 17 heavy (non-hydrogen) atoms. The van der Waals surface area contributed by atoms with Gasteiger partial charge in [0.15, 0.2) is 0 Å². The molecule has 0 bridgehead atoms. The van der Waals surface area contributed by atoms with Gasteiger partial charge in [0.2, 0.25) is 0 Å². The van der Waals surface area contributed by atoms with Crippen molar-refractivity contribution >= 4 is 11.7 Å². The van der Waals surface area contributed by atoms with Gasteiger partial charge in [-0.3, -0.25) is 4.98 Å². The fraction of sp³-hybridized carbons (Fsp3) is 0. The number of hydrogen-bond acceptors (Lipinski definition) is 4. The molecule has 0 atom stereocenters. The van der Waals surface area contributed by atoms with Crippen molar-refractivity contribution in [3.63, 3.8) is 0 Å². The van der Waals surface area contributed by atoms with Crippen molar-refractivity contribution in [2.45, 2.75) is 0 Å². The van der Waals surface area contributed by atoms with Gasteiger partial charge in [-0.15, -0.1) is 0 Å². The van der Waals surface area contributed by atoms with Gasteiger partial charge in [0.25, 0.3) is 0 Å². The average Bonchev–Trinajstić information content (AvgIpc) is 2.30. The van der Waals surface area contributed by atoms with Crippen molar-refractivity contribution in [1.29, 1.82) is 0 Å². The van der Waals surface area contributed by atoms with Gasteiger partial charge in [-0.2, -0.15) is 0 Å². The fourth-order valence-electron chi connectivity index (χ4n) is 1.34. The van der Waals surface area contributed by atoms with Crippen LogP contribution in [-0.4, -0.2) is 16.1 Å². The Kier molecular flexibility index (Phi) is 2.91. The van der Waals surface area contributed by atoms with Crippen molar-refractivity contribution in [2.24, 2.45) is 0 Å². The summed E-state index contributed by atoms with van der Waals surface area (Å²) >= 11 is 0. The first kappa shape index (κ1) is 10.9. The number of rotatable bonds is 3. The summed E-state index contributed by atoms with van der Waals surface area (Å²) < 4.78 is 5.46. The van der Waals surface area contributed by atoms with Crippen LogP contribution in [0.5, 0.6) is 11.5 Å². The van der Waals surface area contributed by atoms with Gasteiger partial charge in [-0.25, -0.2) is 4.79 Å². The summed E-state index contributed by atoms with van der Waals surface area (Å²) in [4.78, 5) is 14.7. The summed E-state index contributed by atoms with van der Waals surface area (Å²) in [7, 11) is 0. The molecule has 86 valence electrons. The molecule has 0 spiro atoms. The Bertz CT molecular complexity index is 541. The van der Waals surface area contributed by atoms with Gasteiger partial charge in [0, 0.05) is 18.0 Å². The molecule has 0 fully saturated rings. The Morgan fingerprint density at radius 2 is 2.12 bits per heavy atom. The topological polar surface area (TPSA) is 85.4 Å². The number of aromatic nitrogens is 1. The normalized spacial score (nSPS) is 9.88. The molecule has 3 N–H and O–H groups in total. The number of ether oxygens (including phenoxy) is 1. The highest BCUT2D eigenvalue weighted by Crippen LogP contribution is 2.24. The first-order chi connectivity index (χ1) is 8.16. The van der Waals surface area contributed by atoms with Gasteiger partial charge in [-0.05, 0) is 24.3 Å². The molecule has 0 aliphatic carbocycles. The smallest absolute Gasteiger partial charge is 0.337 e. The second-order valence-electron chi connectivity index (χ2n) is 3.34. The predicted molar refractivity (Wildman–Crippen MR) is 62.1 cm³/mol. The quantitative estimate of drug-likeness (QED) is 0.789. The zero-order valence-electron chi connectivity index (χ0n) is 8.83. The summed E-state index contributed by atoms with van der Waals surface area (Å²) in [6, 6.07) is 7.91. The average molecular weight is 230 g/mol. The highest BCUT2D eigenvalue weighted by atomic mass is 16.5. The van der Waals surface area contributed by atoms with E-state index < -0.39 is 5.97 Å². The zero-order valence-corrected chi connectivity index (χ0v) is 8.83. The number of carboxylic acid groups (broad SMARTS) is 1. The minimum Gasteiger partial charge on any atom is -0.478 e. The van der Waals surface area contributed by atoms with E-state index >= 15 is 0 Å². The number of anilines is 1. The number of aromatic carboxylic acids is 1. The van der Waals surface area contributed by atoms with Gasteiger partial charge in [0.1, 0.15) is 11.5 Å². The lowest BCUT2D eigenvalue weighted by molar-refractivity contribution is 0.0698. The SMILES string of the molecule is Nc1cc(Oc2cccnc2)ccc1C(=O)O. The Hall–Kier alpha value is -2.56. The van der Waals surface area contributed by atoms with Crippen LogP contribution in [0.2, 0.25) is 0 Å². The minimum absolute atomic E-state index is 0.0588. The van der Waals surface area contributed by atoms with Crippen LogP contribution >= 0.6 is 0 Å². The largest absolute Gasteiger partial charge is 0.478 e. The second-order valence-corrected chi connectivity index (χ2v) is 3.34. The highest BCUT2D eigenvalue weighted by molar-refractivity contribution is 5.93. The zero-order chi connectivity index (χ0) is 12.3. The number of nitrogens with zero attached hydrogens (tertiary/aromatic N) is 1. The monoisotopic (exact) mass is 230 g/mol. The second kappa shape index (κ2) is 4.52. The number of nitrogens with two attached hydrogens (primary N) is 1. The number of carboxylic acids is 1. The third kappa shape index (κ3) is 2.52. The first-order valence-electron chi connectivity index (χ1n) is 4.87. The van der Waals surface area contributed by atoms with E-state index in [-0.39, 0.29) is 11.3 Å². The summed E-state index contributed by atoms with van der Waals surface area (Å²) in [6.45, 7) is 0. The van der Waals surface area contributed by atoms with E-state index in [1.807, 2.05) is 0 Å². The number of pyridine rings is 1. The summed E-state index contributed by atoms with van der Waals surface area (Å²) in [6.07, 6.45) is 3.19. The third-order valence-electron chi connectivity index (χ3n) is 2.12. The lowest BCUT2D eigenvalue weighted by Crippen LogP contribution is -2.02. The van der Waals surface area contributed by atoms with E-state index in [0.717, 1.165) is 0 Å². The minimum atomic E-state index is -1.06. The van der Waals surface area contributed by atoms with Crippen LogP contribution in [0.4, 0.5) is 5.69 Å². The summed E-state index contributed by atoms with van der Waals surface area (Å²) in [5.41, 5.74) is 5.82. The maximum Gasteiger partial charge on any atom is 0.337 e. The lowest BCUT2D eigenvalue weighted by atomic mass is 10.2. The number of carbonyl (C=O) groups is 1. The van der Waals surface area contributed by atoms with Crippen LogP contribution in [0, 0.1) is 0 Å². The Morgan fingerprint density at radius 3 is 2.71 bits per heavy atom. The molecule has 0 saturated heterocycles. The van der Waals surface area contributed by atoms with Crippen LogP contribution in [0.25, 0.3) is 0 Å². The van der Waals surface area contributed by atoms with Crippen LogP contribution in [-0.2, 0) is 0 Å². The van der Waals surface area contributed by atoms with Crippen molar-refractivity contribution in [3.8, 4) is 11.5 Å². The van der Waals surface area contributed by atoms with Crippen molar-refractivity contribution in [2.75, 3.05) is 5.73 Å². The first-order valence-corrected chi connectivity index (χ1v) is 4.87. The Morgan fingerprint density at radius 1 is 1.29 bits per heavy atom. The van der Waals surface area contributed by atoms with Gasteiger partial charge >= 0.3 is 5.97 Å². The molecule has 1 heterocycles. The van der Waals surface area contributed by atoms with Crippen molar-refractivity contribution in [1.82, 2.24) is 4.98 Å². The van der Waals surface area contributed by atoms with Crippen molar-refractivity contribution in [3.05, 3.63) is 48.3 Å². The summed E-state index contributed by atoms with van der Waals surface area (Å²) in [5.74, 6) is -0.0223. The molecule has 2 aromatic rings. The number of nitrogen functional groups attached to an aromatic ring is 1. The number of benzene rings is 1. The molecular formula is C12H10N2O3. The molecule has 0 amide bonds.